The number of amides is 1. The summed E-state index contributed by atoms with van der Waals surface area (Å²) in [5.41, 5.74) is 3.47. The fourth-order valence-electron chi connectivity index (χ4n) is 4.62. The van der Waals surface area contributed by atoms with Gasteiger partial charge in [0.05, 0.1) is 27.9 Å². The number of anilines is 1. The highest BCUT2D eigenvalue weighted by molar-refractivity contribution is 7.89. The van der Waals surface area contributed by atoms with E-state index in [-0.39, 0.29) is 17.3 Å². The second-order valence-corrected chi connectivity index (χ2v) is 12.2. The molecule has 7 nitrogen and oxygen atoms in total. The number of sulfonamides is 1. The third-order valence-corrected chi connectivity index (χ3v) is 9.63. The number of carbonyl (C=O) groups excluding carboxylic acids is 1. The smallest absolute Gasteiger partial charge is 0.260 e. The molecular formula is C27H29N3O4S2. The zero-order valence-corrected chi connectivity index (χ0v) is 22.1. The molecule has 1 saturated heterocycles. The van der Waals surface area contributed by atoms with Gasteiger partial charge in [-0.2, -0.15) is 4.31 Å². The van der Waals surface area contributed by atoms with Crippen molar-refractivity contribution in [3.05, 3.63) is 77.2 Å². The van der Waals surface area contributed by atoms with Gasteiger partial charge < -0.3 is 4.42 Å². The number of hydrogen-bond acceptors (Lipinski definition) is 6. The molecule has 9 heteroatoms. The van der Waals surface area contributed by atoms with Crippen molar-refractivity contribution in [3.8, 4) is 0 Å². The molecular weight excluding hydrogens is 494 g/mol. The predicted molar refractivity (Wildman–Crippen MR) is 142 cm³/mol. The summed E-state index contributed by atoms with van der Waals surface area (Å²) in [5, 5.41) is 0.571. The molecule has 188 valence electrons. The van der Waals surface area contributed by atoms with Gasteiger partial charge in [0, 0.05) is 18.7 Å². The van der Waals surface area contributed by atoms with Crippen molar-refractivity contribution < 1.29 is 17.6 Å². The van der Waals surface area contributed by atoms with Gasteiger partial charge in [0.1, 0.15) is 5.76 Å². The van der Waals surface area contributed by atoms with Crippen LogP contribution < -0.4 is 4.90 Å². The summed E-state index contributed by atoms with van der Waals surface area (Å²) in [6, 6.07) is 14.0. The standard InChI is InChI=1S/C27H29N3O4S2/c1-19-16-20(2)25-24(17-19)28-27(35-25)30(18-22-8-7-15-34-22)26(31)21-9-11-23(12-10-21)36(32,33)29-13-5-3-4-6-14-29/h7-12,15-17H,3-6,13-14,18H2,1-2H3. The first kappa shape index (κ1) is 24.7. The number of furan rings is 1. The monoisotopic (exact) mass is 523 g/mol. The lowest BCUT2D eigenvalue weighted by molar-refractivity contribution is 0.0983. The Balaban J connectivity index is 1.46. The summed E-state index contributed by atoms with van der Waals surface area (Å²) in [6.45, 7) is 5.36. The Morgan fingerprint density at radius 3 is 2.44 bits per heavy atom. The van der Waals surface area contributed by atoms with Gasteiger partial charge in [-0.1, -0.05) is 30.2 Å². The molecule has 1 amide bonds. The molecule has 0 atom stereocenters. The molecule has 5 rings (SSSR count). The van der Waals surface area contributed by atoms with Crippen LogP contribution in [0.4, 0.5) is 5.13 Å². The molecule has 0 bridgehead atoms. The van der Waals surface area contributed by atoms with Crippen molar-refractivity contribution in [2.45, 2.75) is 51.0 Å². The van der Waals surface area contributed by atoms with Gasteiger partial charge in [0.25, 0.3) is 5.91 Å². The first-order chi connectivity index (χ1) is 17.3. The average Bonchev–Trinajstić information content (AvgIpc) is 3.44. The van der Waals surface area contributed by atoms with Crippen LogP contribution in [0.25, 0.3) is 10.2 Å². The minimum Gasteiger partial charge on any atom is -0.467 e. The zero-order valence-electron chi connectivity index (χ0n) is 20.4. The fraction of sp³-hybridized carbons (Fsp3) is 0.333. The highest BCUT2D eigenvalue weighted by Crippen LogP contribution is 2.34. The molecule has 0 radical (unpaired) electrons. The Morgan fingerprint density at radius 2 is 1.78 bits per heavy atom. The molecule has 1 fully saturated rings. The van der Waals surface area contributed by atoms with Gasteiger partial charge in [-0.25, -0.2) is 13.4 Å². The molecule has 0 aliphatic carbocycles. The maximum absolute atomic E-state index is 13.7. The topological polar surface area (TPSA) is 83.7 Å². The highest BCUT2D eigenvalue weighted by atomic mass is 32.2. The van der Waals surface area contributed by atoms with Crippen LogP contribution in [0, 0.1) is 13.8 Å². The van der Waals surface area contributed by atoms with Gasteiger partial charge in [-0.3, -0.25) is 9.69 Å². The molecule has 1 aliphatic heterocycles. The first-order valence-corrected chi connectivity index (χ1v) is 14.4. The number of benzene rings is 2. The molecule has 4 aromatic rings. The minimum absolute atomic E-state index is 0.213. The maximum atomic E-state index is 13.7. The summed E-state index contributed by atoms with van der Waals surface area (Å²) in [6.07, 6.45) is 5.43. The zero-order chi connectivity index (χ0) is 25.3. The molecule has 2 aromatic heterocycles. The van der Waals surface area contributed by atoms with E-state index in [9.17, 15) is 13.2 Å². The van der Waals surface area contributed by atoms with Crippen LogP contribution in [0.15, 0.2) is 64.1 Å². The molecule has 3 heterocycles. The Hall–Kier alpha value is -3.01. The summed E-state index contributed by atoms with van der Waals surface area (Å²) >= 11 is 1.46. The van der Waals surface area contributed by atoms with E-state index < -0.39 is 10.0 Å². The number of nitrogens with zero attached hydrogens (tertiary/aromatic N) is 3. The highest BCUT2D eigenvalue weighted by Gasteiger charge is 2.27. The van der Waals surface area contributed by atoms with Crippen molar-refractivity contribution in [2.24, 2.45) is 0 Å². The van der Waals surface area contributed by atoms with Crippen molar-refractivity contribution in [1.82, 2.24) is 9.29 Å². The van der Waals surface area contributed by atoms with Crippen LogP contribution in [-0.4, -0.2) is 36.7 Å². The number of carbonyl (C=O) groups is 1. The maximum Gasteiger partial charge on any atom is 0.260 e. The summed E-state index contributed by atoms with van der Waals surface area (Å²) in [5.74, 6) is 0.370. The fourth-order valence-corrected chi connectivity index (χ4v) is 7.15. The minimum atomic E-state index is -3.58. The molecule has 1 aliphatic rings. The molecule has 36 heavy (non-hydrogen) atoms. The lowest BCUT2D eigenvalue weighted by atomic mass is 10.1. The van der Waals surface area contributed by atoms with Gasteiger partial charge in [-0.05, 0) is 80.3 Å². The normalized spacial score (nSPS) is 15.2. The van der Waals surface area contributed by atoms with Gasteiger partial charge in [-0.15, -0.1) is 0 Å². The molecule has 2 aromatic carbocycles. The SMILES string of the molecule is Cc1cc(C)c2sc(N(Cc3ccco3)C(=O)c3ccc(S(=O)(=O)N4CCCCCC4)cc3)nc2c1. The van der Waals surface area contributed by atoms with Crippen molar-refractivity contribution in [2.75, 3.05) is 18.0 Å². The van der Waals surface area contributed by atoms with Gasteiger partial charge >= 0.3 is 0 Å². The van der Waals surface area contributed by atoms with Crippen LogP contribution in [-0.2, 0) is 16.6 Å². The number of fused-ring (bicyclic) bond motifs is 1. The van der Waals surface area contributed by atoms with Gasteiger partial charge in [0.2, 0.25) is 10.0 Å². The molecule has 0 N–H and O–H groups in total. The molecule has 0 unspecified atom stereocenters. The lowest BCUT2D eigenvalue weighted by Gasteiger charge is -2.21. The van der Waals surface area contributed by atoms with E-state index in [1.807, 2.05) is 26.0 Å². The van der Waals surface area contributed by atoms with E-state index in [2.05, 4.69) is 6.07 Å². The van der Waals surface area contributed by atoms with E-state index in [0.717, 1.165) is 47.0 Å². The number of aromatic nitrogens is 1. The number of rotatable bonds is 6. The van der Waals surface area contributed by atoms with Crippen LogP contribution in [0.3, 0.4) is 0 Å². The van der Waals surface area contributed by atoms with Crippen LogP contribution >= 0.6 is 11.3 Å². The quantitative estimate of drug-likeness (QED) is 0.313. The largest absolute Gasteiger partial charge is 0.467 e. The number of thiazole rings is 1. The van der Waals surface area contributed by atoms with E-state index in [1.54, 1.807) is 33.7 Å². The summed E-state index contributed by atoms with van der Waals surface area (Å²) in [4.78, 5) is 20.3. The van der Waals surface area contributed by atoms with Crippen LogP contribution in [0.2, 0.25) is 0 Å². The summed E-state index contributed by atoms with van der Waals surface area (Å²) in [7, 11) is -3.58. The second-order valence-electron chi connectivity index (χ2n) is 9.24. The third kappa shape index (κ3) is 4.96. The number of hydrogen-bond donors (Lipinski definition) is 0. The van der Waals surface area contributed by atoms with Crippen molar-refractivity contribution in [1.29, 1.82) is 0 Å². The summed E-state index contributed by atoms with van der Waals surface area (Å²) < 4.78 is 34.4. The van der Waals surface area contributed by atoms with E-state index in [1.165, 1.54) is 23.5 Å². The van der Waals surface area contributed by atoms with Gasteiger partial charge in [0.15, 0.2) is 5.13 Å². The second kappa shape index (κ2) is 10.2. The molecule has 0 saturated carbocycles. The Bertz CT molecular complexity index is 1470. The Labute approximate surface area is 215 Å². The van der Waals surface area contributed by atoms with E-state index in [0.29, 0.717) is 29.5 Å². The average molecular weight is 524 g/mol. The lowest BCUT2D eigenvalue weighted by Crippen LogP contribution is -2.32. The van der Waals surface area contributed by atoms with Crippen LogP contribution in [0.5, 0.6) is 0 Å². The Morgan fingerprint density at radius 1 is 1.06 bits per heavy atom. The van der Waals surface area contributed by atoms with E-state index in [4.69, 9.17) is 9.40 Å². The van der Waals surface area contributed by atoms with Crippen molar-refractivity contribution in [3.63, 3.8) is 0 Å². The van der Waals surface area contributed by atoms with Crippen molar-refractivity contribution >= 4 is 42.6 Å². The van der Waals surface area contributed by atoms with Crippen LogP contribution in [0.1, 0.15) is 52.9 Å². The third-order valence-electron chi connectivity index (χ3n) is 6.48. The first-order valence-electron chi connectivity index (χ1n) is 12.2. The Kier molecular flexibility index (Phi) is 6.96. The van der Waals surface area contributed by atoms with E-state index >= 15 is 0 Å². The molecule has 0 spiro atoms. The number of aryl methyl sites for hydroxylation is 2. The predicted octanol–water partition coefficient (Wildman–Crippen LogP) is 5.92.